The molecular weight excluding hydrogens is 363 g/mol. The van der Waals surface area contributed by atoms with Crippen molar-refractivity contribution in [2.24, 2.45) is 0 Å². The van der Waals surface area contributed by atoms with Crippen molar-refractivity contribution < 1.29 is 9.18 Å². The predicted molar refractivity (Wildman–Crippen MR) is 103 cm³/mol. The van der Waals surface area contributed by atoms with E-state index in [0.717, 1.165) is 35.1 Å². The van der Waals surface area contributed by atoms with E-state index >= 15 is 0 Å². The van der Waals surface area contributed by atoms with Crippen molar-refractivity contribution in [3.63, 3.8) is 0 Å². The van der Waals surface area contributed by atoms with Gasteiger partial charge in [0, 0.05) is 28.7 Å². The summed E-state index contributed by atoms with van der Waals surface area (Å²) in [4.78, 5) is 12.8. The minimum absolute atomic E-state index is 0.0391. The molecule has 2 heterocycles. The maximum Gasteiger partial charge on any atom is 0.191 e. The maximum absolute atomic E-state index is 14.0. The van der Waals surface area contributed by atoms with Crippen LogP contribution in [0.15, 0.2) is 35.7 Å². The second-order valence-electron chi connectivity index (χ2n) is 7.02. The summed E-state index contributed by atoms with van der Waals surface area (Å²) in [5, 5.41) is 8.89. The fourth-order valence-electron chi connectivity index (χ4n) is 3.31. The molecule has 1 fully saturated rings. The minimum Gasteiger partial charge on any atom is -0.318 e. The topological polar surface area (TPSA) is 52.7 Å². The molecule has 1 saturated carbocycles. The van der Waals surface area contributed by atoms with Crippen LogP contribution in [0.1, 0.15) is 46.2 Å². The lowest BCUT2D eigenvalue weighted by atomic mass is 10.2. The van der Waals surface area contributed by atoms with E-state index in [0.29, 0.717) is 22.9 Å². The average Bonchev–Trinajstić information content (AvgIpc) is 3.30. The highest BCUT2D eigenvalue weighted by Gasteiger charge is 2.27. The molecule has 2 aromatic heterocycles. The molecule has 0 radical (unpaired) electrons. The number of rotatable bonds is 6. The summed E-state index contributed by atoms with van der Waals surface area (Å²) < 4.78 is 18.0. The highest BCUT2D eigenvalue weighted by atomic mass is 32.2. The van der Waals surface area contributed by atoms with Crippen molar-refractivity contribution in [3.8, 4) is 5.69 Å². The van der Waals surface area contributed by atoms with Crippen LogP contribution < -0.4 is 0 Å². The first-order valence-corrected chi connectivity index (χ1v) is 9.95. The van der Waals surface area contributed by atoms with Crippen LogP contribution in [-0.2, 0) is 0 Å². The van der Waals surface area contributed by atoms with Gasteiger partial charge in [-0.05, 0) is 57.4 Å². The molecule has 0 spiro atoms. The first kappa shape index (κ1) is 18.0. The van der Waals surface area contributed by atoms with Crippen molar-refractivity contribution in [2.75, 3.05) is 5.75 Å². The lowest BCUT2D eigenvalue weighted by molar-refractivity contribution is 0.102. The number of halogens is 1. The lowest BCUT2D eigenvalue weighted by Gasteiger charge is -2.11. The highest BCUT2D eigenvalue weighted by molar-refractivity contribution is 7.99. The summed E-state index contributed by atoms with van der Waals surface area (Å²) in [5.74, 6) is 0.0953. The molecule has 4 rings (SSSR count). The number of hydrogen-bond acceptors (Lipinski definition) is 4. The number of aryl methyl sites for hydroxylation is 2. The van der Waals surface area contributed by atoms with Crippen LogP contribution in [0, 0.1) is 26.6 Å². The second-order valence-corrected chi connectivity index (χ2v) is 7.96. The first-order valence-electron chi connectivity index (χ1n) is 8.96. The van der Waals surface area contributed by atoms with Crippen molar-refractivity contribution in [3.05, 3.63) is 58.9 Å². The highest BCUT2D eigenvalue weighted by Crippen LogP contribution is 2.37. The molecule has 3 aromatic rings. The van der Waals surface area contributed by atoms with Crippen LogP contribution in [-0.4, -0.2) is 30.9 Å². The van der Waals surface area contributed by atoms with E-state index in [4.69, 9.17) is 0 Å². The molecule has 5 nitrogen and oxygen atoms in total. The van der Waals surface area contributed by atoms with Gasteiger partial charge in [-0.25, -0.2) is 4.39 Å². The summed E-state index contributed by atoms with van der Waals surface area (Å²) in [6.45, 7) is 5.56. The summed E-state index contributed by atoms with van der Waals surface area (Å²) >= 11 is 1.42. The van der Waals surface area contributed by atoms with Gasteiger partial charge in [-0.1, -0.05) is 17.8 Å². The smallest absolute Gasteiger partial charge is 0.191 e. The summed E-state index contributed by atoms with van der Waals surface area (Å²) in [6.07, 6.45) is 4.03. The molecule has 0 aliphatic heterocycles. The van der Waals surface area contributed by atoms with E-state index in [1.54, 1.807) is 19.3 Å². The predicted octanol–water partition coefficient (Wildman–Crippen LogP) is 4.44. The van der Waals surface area contributed by atoms with E-state index < -0.39 is 0 Å². The summed E-state index contributed by atoms with van der Waals surface area (Å²) in [6, 6.07) is 7.50. The van der Waals surface area contributed by atoms with Gasteiger partial charge < -0.3 is 9.13 Å². The Hall–Kier alpha value is -2.41. The van der Waals surface area contributed by atoms with E-state index in [1.165, 1.54) is 17.8 Å². The molecule has 1 aromatic carbocycles. The van der Waals surface area contributed by atoms with E-state index in [-0.39, 0.29) is 11.6 Å². The fraction of sp³-hybridized carbons (Fsp3) is 0.350. The van der Waals surface area contributed by atoms with E-state index in [2.05, 4.69) is 14.8 Å². The van der Waals surface area contributed by atoms with E-state index in [1.807, 2.05) is 30.5 Å². The van der Waals surface area contributed by atoms with E-state index in [9.17, 15) is 9.18 Å². The molecule has 1 aliphatic rings. The molecule has 0 amide bonds. The second kappa shape index (κ2) is 6.96. The van der Waals surface area contributed by atoms with Crippen LogP contribution in [0.3, 0.4) is 0 Å². The Morgan fingerprint density at radius 1 is 1.26 bits per heavy atom. The SMILES string of the molecule is Cc1ccc(-n2c(C)cc(C(=O)CSc3nncn3C3CC3)c2C)cc1F. The number of hydrogen-bond donors (Lipinski definition) is 0. The molecule has 1 aliphatic carbocycles. The molecule has 7 heteroatoms. The van der Waals surface area contributed by atoms with Gasteiger partial charge in [-0.15, -0.1) is 10.2 Å². The minimum atomic E-state index is -0.247. The zero-order chi connectivity index (χ0) is 19.1. The van der Waals surface area contributed by atoms with Gasteiger partial charge in [0.1, 0.15) is 12.1 Å². The van der Waals surface area contributed by atoms with Crippen molar-refractivity contribution in [1.29, 1.82) is 0 Å². The van der Waals surface area contributed by atoms with Crippen LogP contribution in [0.25, 0.3) is 5.69 Å². The summed E-state index contributed by atoms with van der Waals surface area (Å²) in [5.41, 5.74) is 3.73. The number of carbonyl (C=O) groups excluding carboxylic acids is 1. The van der Waals surface area contributed by atoms with Crippen molar-refractivity contribution in [1.82, 2.24) is 19.3 Å². The fourth-order valence-corrected chi connectivity index (χ4v) is 4.18. The van der Waals surface area contributed by atoms with Crippen LogP contribution in [0.4, 0.5) is 4.39 Å². The molecule has 0 bridgehead atoms. The quantitative estimate of drug-likeness (QED) is 0.466. The summed E-state index contributed by atoms with van der Waals surface area (Å²) in [7, 11) is 0. The molecule has 0 saturated heterocycles. The number of ketones is 1. The third-order valence-electron chi connectivity index (χ3n) is 4.96. The molecule has 0 unspecified atom stereocenters. The lowest BCUT2D eigenvalue weighted by Crippen LogP contribution is -2.07. The van der Waals surface area contributed by atoms with Gasteiger partial charge in [0.05, 0.1) is 5.75 Å². The van der Waals surface area contributed by atoms with Crippen molar-refractivity contribution in [2.45, 2.75) is 44.8 Å². The number of aromatic nitrogens is 4. The third-order valence-corrected chi connectivity index (χ3v) is 5.92. The Morgan fingerprint density at radius 3 is 2.74 bits per heavy atom. The van der Waals surface area contributed by atoms with Gasteiger partial charge in [-0.3, -0.25) is 4.79 Å². The van der Waals surface area contributed by atoms with Crippen LogP contribution in [0.5, 0.6) is 0 Å². The number of Topliss-reactive ketones (excluding diaryl/α,β-unsaturated/α-hetero) is 1. The first-order chi connectivity index (χ1) is 13.0. The number of benzene rings is 1. The Labute approximate surface area is 161 Å². The third kappa shape index (κ3) is 3.43. The molecule has 0 atom stereocenters. The molecule has 0 N–H and O–H groups in total. The van der Waals surface area contributed by atoms with Gasteiger partial charge in [0.15, 0.2) is 10.9 Å². The monoisotopic (exact) mass is 384 g/mol. The Bertz CT molecular complexity index is 1020. The molecular formula is C20H21FN4OS. The van der Waals surface area contributed by atoms with Gasteiger partial charge >= 0.3 is 0 Å². The Morgan fingerprint density at radius 2 is 2.04 bits per heavy atom. The normalized spacial score (nSPS) is 13.9. The van der Waals surface area contributed by atoms with Gasteiger partial charge in [0.25, 0.3) is 0 Å². The Balaban J connectivity index is 1.56. The number of thioether (sulfide) groups is 1. The Kier molecular flexibility index (Phi) is 4.63. The molecule has 27 heavy (non-hydrogen) atoms. The van der Waals surface area contributed by atoms with Gasteiger partial charge in [0.2, 0.25) is 0 Å². The largest absolute Gasteiger partial charge is 0.318 e. The van der Waals surface area contributed by atoms with Crippen molar-refractivity contribution >= 4 is 17.5 Å². The van der Waals surface area contributed by atoms with Gasteiger partial charge in [-0.2, -0.15) is 0 Å². The standard InChI is InChI=1S/C20H21FN4OS/c1-12-4-5-16(9-18(12)21)25-13(2)8-17(14(25)3)19(26)10-27-20-23-22-11-24(20)15-6-7-15/h4-5,8-9,11,15H,6-7,10H2,1-3H3. The number of nitrogens with zero attached hydrogens (tertiary/aromatic N) is 4. The maximum atomic E-state index is 14.0. The zero-order valence-corrected chi connectivity index (χ0v) is 16.4. The molecule has 140 valence electrons. The average molecular weight is 384 g/mol. The zero-order valence-electron chi connectivity index (χ0n) is 15.6. The van der Waals surface area contributed by atoms with Crippen LogP contribution >= 0.6 is 11.8 Å². The number of carbonyl (C=O) groups is 1. The van der Waals surface area contributed by atoms with Crippen LogP contribution in [0.2, 0.25) is 0 Å².